The average Bonchev–Trinajstić information content (AvgIpc) is 3.30. The lowest BCUT2D eigenvalue weighted by Gasteiger charge is -2.29. The molecule has 0 aliphatic carbocycles. The molecule has 0 unspecified atom stereocenters. The van der Waals surface area contributed by atoms with Crippen molar-refractivity contribution < 1.29 is 28.7 Å². The summed E-state index contributed by atoms with van der Waals surface area (Å²) in [5.41, 5.74) is -0.279. The standard InChI is InChI=1S/C24H15N3O7S/c28-22-18(10-14-11-20-21(33-13-32-20)12-19(14)27(30)31)23(29)26(24(35)25-22)15-6-8-17(9-7-15)34-16-4-2-1-3-5-16/h1-12H,13H2,(H,25,28,35)/b18-10+. The molecule has 0 radical (unpaired) electrons. The Morgan fingerprint density at radius 1 is 1.00 bits per heavy atom. The first-order chi connectivity index (χ1) is 16.9. The number of ether oxygens (including phenoxy) is 3. The molecule has 2 heterocycles. The fraction of sp³-hybridized carbons (Fsp3) is 0.0417. The summed E-state index contributed by atoms with van der Waals surface area (Å²) < 4.78 is 16.2. The van der Waals surface area contributed by atoms with Gasteiger partial charge < -0.3 is 14.2 Å². The first kappa shape index (κ1) is 22.0. The highest BCUT2D eigenvalue weighted by Gasteiger charge is 2.35. The van der Waals surface area contributed by atoms with Gasteiger partial charge in [0.05, 0.1) is 22.2 Å². The summed E-state index contributed by atoms with van der Waals surface area (Å²) in [4.78, 5) is 38.0. The number of para-hydroxylation sites is 1. The third-order valence-corrected chi connectivity index (χ3v) is 5.48. The number of nitrogens with zero attached hydrogens (tertiary/aromatic N) is 2. The van der Waals surface area contributed by atoms with Crippen molar-refractivity contribution in [3.8, 4) is 23.0 Å². The van der Waals surface area contributed by atoms with Crippen molar-refractivity contribution >= 4 is 46.6 Å². The molecule has 2 aliphatic rings. The Hall–Kier alpha value is -4.77. The Labute approximate surface area is 203 Å². The van der Waals surface area contributed by atoms with Crippen molar-refractivity contribution in [1.29, 1.82) is 0 Å². The second kappa shape index (κ2) is 8.88. The number of hydrogen-bond acceptors (Lipinski definition) is 8. The molecule has 0 atom stereocenters. The van der Waals surface area contributed by atoms with Crippen molar-refractivity contribution in [2.45, 2.75) is 0 Å². The normalized spacial score (nSPS) is 15.8. The molecule has 3 aromatic rings. The molecule has 5 rings (SSSR count). The third-order valence-electron chi connectivity index (χ3n) is 5.19. The smallest absolute Gasteiger partial charge is 0.280 e. The number of carbonyl (C=O) groups excluding carboxylic acids is 2. The minimum Gasteiger partial charge on any atom is -0.457 e. The molecule has 0 spiro atoms. The van der Waals surface area contributed by atoms with Crippen LogP contribution >= 0.6 is 12.2 Å². The number of carbonyl (C=O) groups is 2. The first-order valence-electron chi connectivity index (χ1n) is 10.2. The molecule has 10 nitrogen and oxygen atoms in total. The first-order valence-corrected chi connectivity index (χ1v) is 10.6. The Kier molecular flexibility index (Phi) is 5.59. The third kappa shape index (κ3) is 4.27. The SMILES string of the molecule is O=C1NC(=S)N(c2ccc(Oc3ccccc3)cc2)C(=O)/C1=C/c1cc2c(cc1[N+](=O)[O-])OCO2. The highest BCUT2D eigenvalue weighted by Crippen LogP contribution is 2.39. The van der Waals surface area contributed by atoms with Crippen LogP contribution in [0.15, 0.2) is 72.3 Å². The van der Waals surface area contributed by atoms with Gasteiger partial charge in [0.1, 0.15) is 17.1 Å². The van der Waals surface area contributed by atoms with E-state index in [9.17, 15) is 19.7 Å². The summed E-state index contributed by atoms with van der Waals surface area (Å²) in [6.45, 7) is -0.0854. The predicted molar refractivity (Wildman–Crippen MR) is 128 cm³/mol. The van der Waals surface area contributed by atoms with Crippen LogP contribution < -0.4 is 24.4 Å². The van der Waals surface area contributed by atoms with Gasteiger partial charge >= 0.3 is 0 Å². The number of anilines is 1. The number of nitro benzene ring substituents is 1. The van der Waals surface area contributed by atoms with Gasteiger partial charge in [-0.3, -0.25) is 29.9 Å². The van der Waals surface area contributed by atoms with Crippen molar-refractivity contribution in [3.05, 3.63) is 88.0 Å². The van der Waals surface area contributed by atoms with Crippen LogP contribution in [0.5, 0.6) is 23.0 Å². The molecule has 1 saturated heterocycles. The van der Waals surface area contributed by atoms with E-state index in [0.29, 0.717) is 17.2 Å². The molecular formula is C24H15N3O7S. The summed E-state index contributed by atoms with van der Waals surface area (Å²) in [6.07, 6.45) is 1.14. The van der Waals surface area contributed by atoms with Crippen LogP contribution in [0.1, 0.15) is 5.56 Å². The van der Waals surface area contributed by atoms with Gasteiger partial charge in [-0.1, -0.05) is 18.2 Å². The number of thiocarbonyl (C=S) groups is 1. The number of benzene rings is 3. The van der Waals surface area contributed by atoms with Crippen LogP contribution in [0.4, 0.5) is 11.4 Å². The van der Waals surface area contributed by atoms with Gasteiger partial charge in [-0.2, -0.15) is 0 Å². The zero-order valence-corrected chi connectivity index (χ0v) is 18.6. The lowest BCUT2D eigenvalue weighted by molar-refractivity contribution is -0.385. The molecule has 35 heavy (non-hydrogen) atoms. The monoisotopic (exact) mass is 489 g/mol. The number of nitrogens with one attached hydrogen (secondary N) is 1. The predicted octanol–water partition coefficient (Wildman–Crippen LogP) is 3.95. The van der Waals surface area contributed by atoms with Crippen molar-refractivity contribution in [2.24, 2.45) is 0 Å². The van der Waals surface area contributed by atoms with E-state index in [1.807, 2.05) is 18.2 Å². The van der Waals surface area contributed by atoms with Gasteiger partial charge in [0.15, 0.2) is 16.6 Å². The van der Waals surface area contributed by atoms with Crippen molar-refractivity contribution in [2.75, 3.05) is 11.7 Å². The van der Waals surface area contributed by atoms with Crippen LogP contribution in [0.25, 0.3) is 6.08 Å². The number of rotatable bonds is 5. The van der Waals surface area contributed by atoms with Crippen LogP contribution in [0.3, 0.4) is 0 Å². The maximum absolute atomic E-state index is 13.3. The molecule has 0 saturated carbocycles. The van der Waals surface area contributed by atoms with Crippen molar-refractivity contribution in [1.82, 2.24) is 5.32 Å². The maximum atomic E-state index is 13.3. The van der Waals surface area contributed by atoms with E-state index in [1.54, 1.807) is 36.4 Å². The van der Waals surface area contributed by atoms with E-state index >= 15 is 0 Å². The highest BCUT2D eigenvalue weighted by atomic mass is 32.1. The van der Waals surface area contributed by atoms with Crippen LogP contribution in [-0.4, -0.2) is 28.6 Å². The fourth-order valence-electron chi connectivity index (χ4n) is 3.56. The topological polar surface area (TPSA) is 120 Å². The van der Waals surface area contributed by atoms with Gasteiger partial charge in [0, 0.05) is 0 Å². The zero-order valence-electron chi connectivity index (χ0n) is 17.8. The fourth-order valence-corrected chi connectivity index (χ4v) is 3.84. The van der Waals surface area contributed by atoms with Gasteiger partial charge in [-0.15, -0.1) is 0 Å². The number of hydrogen-bond donors (Lipinski definition) is 1. The Morgan fingerprint density at radius 3 is 2.34 bits per heavy atom. The van der Waals surface area contributed by atoms with Gasteiger partial charge in [-0.25, -0.2) is 0 Å². The summed E-state index contributed by atoms with van der Waals surface area (Å²) in [5, 5.41) is 13.9. The molecule has 1 fully saturated rings. The number of fused-ring (bicyclic) bond motifs is 1. The molecular weight excluding hydrogens is 474 g/mol. The Morgan fingerprint density at radius 2 is 1.66 bits per heavy atom. The molecule has 2 amide bonds. The van der Waals surface area contributed by atoms with Gasteiger partial charge in [0.2, 0.25) is 6.79 Å². The average molecular weight is 489 g/mol. The molecule has 11 heteroatoms. The van der Waals surface area contributed by atoms with Crippen LogP contribution in [-0.2, 0) is 9.59 Å². The lowest BCUT2D eigenvalue weighted by Crippen LogP contribution is -2.54. The summed E-state index contributed by atoms with van der Waals surface area (Å²) in [6, 6.07) is 18.2. The lowest BCUT2D eigenvalue weighted by atomic mass is 10.0. The van der Waals surface area contributed by atoms with Gasteiger partial charge in [-0.05, 0) is 60.8 Å². The highest BCUT2D eigenvalue weighted by molar-refractivity contribution is 7.80. The summed E-state index contributed by atoms with van der Waals surface area (Å²) in [7, 11) is 0. The van der Waals surface area contributed by atoms with E-state index < -0.39 is 16.7 Å². The summed E-state index contributed by atoms with van der Waals surface area (Å²) in [5.74, 6) is 0.153. The van der Waals surface area contributed by atoms with E-state index in [1.165, 1.54) is 12.1 Å². The van der Waals surface area contributed by atoms with E-state index in [-0.39, 0.29) is 40.2 Å². The summed E-state index contributed by atoms with van der Waals surface area (Å²) >= 11 is 5.22. The van der Waals surface area contributed by atoms with Crippen molar-refractivity contribution in [3.63, 3.8) is 0 Å². The molecule has 0 bridgehead atoms. The Balaban J connectivity index is 1.46. The largest absolute Gasteiger partial charge is 0.457 e. The van der Waals surface area contributed by atoms with E-state index in [4.69, 9.17) is 26.4 Å². The molecule has 1 N–H and O–H groups in total. The maximum Gasteiger partial charge on any atom is 0.280 e. The molecule has 174 valence electrons. The minimum absolute atomic E-state index is 0.0112. The van der Waals surface area contributed by atoms with Gasteiger partial charge in [0.25, 0.3) is 17.5 Å². The minimum atomic E-state index is -0.771. The second-order valence-corrected chi connectivity index (χ2v) is 7.77. The number of nitro groups is 1. The quantitative estimate of drug-likeness (QED) is 0.188. The Bertz CT molecular complexity index is 1400. The zero-order chi connectivity index (χ0) is 24.5. The van der Waals surface area contributed by atoms with Crippen LogP contribution in [0.2, 0.25) is 0 Å². The number of amides is 2. The molecule has 3 aromatic carbocycles. The van der Waals surface area contributed by atoms with Crippen LogP contribution in [0, 0.1) is 10.1 Å². The molecule has 0 aromatic heterocycles. The second-order valence-electron chi connectivity index (χ2n) is 7.39. The van der Waals surface area contributed by atoms with E-state index in [0.717, 1.165) is 11.0 Å². The van der Waals surface area contributed by atoms with E-state index in [2.05, 4.69) is 5.32 Å². The molecule has 2 aliphatic heterocycles.